The van der Waals surface area contributed by atoms with Gasteiger partial charge in [-0.05, 0) is 79.6 Å². The van der Waals surface area contributed by atoms with Crippen LogP contribution in [0.25, 0.3) is 22.0 Å². The van der Waals surface area contributed by atoms with E-state index in [1.807, 2.05) is 69.3 Å². The van der Waals surface area contributed by atoms with Gasteiger partial charge in [-0.15, -0.1) is 0 Å². The van der Waals surface area contributed by atoms with Crippen molar-refractivity contribution in [3.8, 4) is 11.1 Å². The first kappa shape index (κ1) is 27.0. The van der Waals surface area contributed by atoms with Crippen LogP contribution in [0.4, 0.5) is 9.59 Å². The maximum Gasteiger partial charge on any atom is 0.418 e. The summed E-state index contributed by atoms with van der Waals surface area (Å²) in [7, 11) is 0. The molecule has 0 aliphatic heterocycles. The molecule has 206 valence electrons. The van der Waals surface area contributed by atoms with E-state index in [1.54, 1.807) is 6.20 Å². The lowest BCUT2D eigenvalue weighted by atomic mass is 9.88. The van der Waals surface area contributed by atoms with E-state index in [1.165, 1.54) is 4.57 Å². The van der Waals surface area contributed by atoms with Crippen LogP contribution in [-0.2, 0) is 20.7 Å². The second kappa shape index (κ2) is 10.9. The van der Waals surface area contributed by atoms with Crippen LogP contribution in [0.15, 0.2) is 79.0 Å². The summed E-state index contributed by atoms with van der Waals surface area (Å²) in [5.74, 6) is -1.34. The third-order valence-electron chi connectivity index (χ3n) is 6.96. The summed E-state index contributed by atoms with van der Waals surface area (Å²) < 4.78 is 12.9. The van der Waals surface area contributed by atoms with Crippen molar-refractivity contribution in [1.82, 2.24) is 9.88 Å². The quantitative estimate of drug-likeness (QED) is 0.283. The number of ether oxygens (including phenoxy) is 2. The molecule has 1 heterocycles. The van der Waals surface area contributed by atoms with Gasteiger partial charge in [-0.3, -0.25) is 9.36 Å². The lowest BCUT2D eigenvalue weighted by molar-refractivity contribution is -0.135. The topological polar surface area (TPSA) is 107 Å². The van der Waals surface area contributed by atoms with E-state index < -0.39 is 36.4 Å². The Kier molecular flexibility index (Phi) is 7.34. The number of aromatic nitrogens is 1. The Morgan fingerprint density at radius 1 is 0.950 bits per heavy atom. The molecule has 8 nitrogen and oxygen atoms in total. The van der Waals surface area contributed by atoms with Crippen molar-refractivity contribution in [3.05, 3.63) is 95.7 Å². The SMILES string of the molecule is CC(C)(C)OC(=O)n1ccc2cc(CCC(OC(=O)NCC(=O)O)C3c4ccccc4-c4ccccc43)ccc21. The number of aryl methyl sites for hydroxylation is 1. The molecule has 1 aliphatic rings. The molecule has 1 aromatic heterocycles. The van der Waals surface area contributed by atoms with Crippen LogP contribution in [-0.4, -0.2) is 46.1 Å². The van der Waals surface area contributed by atoms with Crippen molar-refractivity contribution in [2.75, 3.05) is 6.54 Å². The maximum atomic E-state index is 12.6. The molecule has 8 heteroatoms. The van der Waals surface area contributed by atoms with Gasteiger partial charge < -0.3 is 19.9 Å². The number of rotatable bonds is 7. The van der Waals surface area contributed by atoms with Crippen LogP contribution in [0.1, 0.15) is 49.8 Å². The maximum absolute atomic E-state index is 12.6. The van der Waals surface area contributed by atoms with E-state index in [2.05, 4.69) is 29.6 Å². The fourth-order valence-electron chi connectivity index (χ4n) is 5.34. The summed E-state index contributed by atoms with van der Waals surface area (Å²) in [6, 6.07) is 23.9. The first-order chi connectivity index (χ1) is 19.1. The predicted octanol–water partition coefficient (Wildman–Crippen LogP) is 6.35. The number of benzene rings is 3. The number of nitrogens with zero attached hydrogens (tertiary/aromatic N) is 1. The number of hydrogen-bond acceptors (Lipinski definition) is 5. The summed E-state index contributed by atoms with van der Waals surface area (Å²) in [5, 5.41) is 12.2. The fourth-order valence-corrected chi connectivity index (χ4v) is 5.34. The van der Waals surface area contributed by atoms with Crippen LogP contribution in [0.2, 0.25) is 0 Å². The molecule has 0 radical (unpaired) electrons. The number of carboxylic acid groups (broad SMARTS) is 1. The smallest absolute Gasteiger partial charge is 0.418 e. The molecule has 5 rings (SSSR count). The molecule has 1 unspecified atom stereocenters. The summed E-state index contributed by atoms with van der Waals surface area (Å²) in [4.78, 5) is 36.3. The Balaban J connectivity index is 1.41. The van der Waals surface area contributed by atoms with E-state index >= 15 is 0 Å². The van der Waals surface area contributed by atoms with E-state index in [0.29, 0.717) is 12.8 Å². The minimum absolute atomic E-state index is 0.194. The molecular formula is C32H32N2O6. The molecule has 2 N–H and O–H groups in total. The van der Waals surface area contributed by atoms with Crippen LogP contribution in [0.3, 0.4) is 0 Å². The van der Waals surface area contributed by atoms with Crippen molar-refractivity contribution in [1.29, 1.82) is 0 Å². The highest BCUT2D eigenvalue weighted by Gasteiger charge is 2.36. The van der Waals surface area contributed by atoms with Gasteiger partial charge in [-0.1, -0.05) is 54.6 Å². The monoisotopic (exact) mass is 540 g/mol. The Labute approximate surface area is 232 Å². The molecule has 0 spiro atoms. The number of amides is 1. The second-order valence-corrected chi connectivity index (χ2v) is 10.9. The Morgan fingerprint density at radius 2 is 1.60 bits per heavy atom. The Bertz CT molecular complexity index is 1540. The number of hydrogen-bond donors (Lipinski definition) is 2. The molecular weight excluding hydrogens is 508 g/mol. The van der Waals surface area contributed by atoms with Crippen LogP contribution in [0.5, 0.6) is 0 Å². The molecule has 1 aliphatic carbocycles. The number of carboxylic acids is 1. The molecule has 0 fully saturated rings. The van der Waals surface area contributed by atoms with E-state index in [0.717, 1.165) is 38.7 Å². The van der Waals surface area contributed by atoms with Gasteiger partial charge in [0.1, 0.15) is 18.2 Å². The highest BCUT2D eigenvalue weighted by atomic mass is 16.6. The third-order valence-corrected chi connectivity index (χ3v) is 6.96. The Morgan fingerprint density at radius 3 is 2.23 bits per heavy atom. The van der Waals surface area contributed by atoms with Gasteiger partial charge >= 0.3 is 18.2 Å². The Hall–Kier alpha value is -4.59. The van der Waals surface area contributed by atoms with E-state index in [-0.39, 0.29) is 5.92 Å². The molecule has 0 saturated carbocycles. The summed E-state index contributed by atoms with van der Waals surface area (Å²) >= 11 is 0. The highest BCUT2D eigenvalue weighted by molar-refractivity contribution is 5.90. The molecule has 3 aromatic carbocycles. The average molecular weight is 541 g/mol. The van der Waals surface area contributed by atoms with Gasteiger partial charge in [-0.25, -0.2) is 9.59 Å². The van der Waals surface area contributed by atoms with Gasteiger partial charge in [0.15, 0.2) is 0 Å². The summed E-state index contributed by atoms with van der Waals surface area (Å²) in [6.07, 6.45) is 1.07. The van der Waals surface area contributed by atoms with Gasteiger partial charge in [0, 0.05) is 17.5 Å². The summed E-state index contributed by atoms with van der Waals surface area (Å²) in [6.45, 7) is 4.97. The molecule has 1 atom stereocenters. The first-order valence-corrected chi connectivity index (χ1v) is 13.3. The van der Waals surface area contributed by atoms with Crippen LogP contribution in [0, 0.1) is 0 Å². The van der Waals surface area contributed by atoms with Gasteiger partial charge in [-0.2, -0.15) is 0 Å². The van der Waals surface area contributed by atoms with E-state index in [4.69, 9.17) is 14.6 Å². The van der Waals surface area contributed by atoms with Gasteiger partial charge in [0.25, 0.3) is 0 Å². The lowest BCUT2D eigenvalue weighted by Crippen LogP contribution is -2.35. The zero-order chi connectivity index (χ0) is 28.4. The largest absolute Gasteiger partial charge is 0.480 e. The summed E-state index contributed by atoms with van der Waals surface area (Å²) in [5.41, 5.74) is 5.53. The van der Waals surface area contributed by atoms with Gasteiger partial charge in [0.2, 0.25) is 0 Å². The normalized spacial score (nSPS) is 13.4. The highest BCUT2D eigenvalue weighted by Crippen LogP contribution is 2.47. The van der Waals surface area contributed by atoms with Crippen LogP contribution >= 0.6 is 0 Å². The first-order valence-electron chi connectivity index (χ1n) is 13.3. The number of nitrogens with one attached hydrogen (secondary N) is 1. The minimum Gasteiger partial charge on any atom is -0.480 e. The van der Waals surface area contributed by atoms with Crippen molar-refractivity contribution in [2.45, 2.75) is 51.2 Å². The molecule has 4 aromatic rings. The van der Waals surface area contributed by atoms with Crippen molar-refractivity contribution in [2.24, 2.45) is 0 Å². The lowest BCUT2D eigenvalue weighted by Gasteiger charge is -2.26. The zero-order valence-electron chi connectivity index (χ0n) is 22.7. The number of aliphatic carboxylic acids is 1. The minimum atomic E-state index is -1.14. The van der Waals surface area contributed by atoms with Crippen molar-refractivity contribution in [3.63, 3.8) is 0 Å². The molecule has 0 bridgehead atoms. The second-order valence-electron chi connectivity index (χ2n) is 10.9. The molecule has 40 heavy (non-hydrogen) atoms. The van der Waals surface area contributed by atoms with Crippen molar-refractivity contribution < 1.29 is 29.0 Å². The van der Waals surface area contributed by atoms with Crippen molar-refractivity contribution >= 4 is 29.1 Å². The number of carbonyl (C=O) groups is 3. The van der Waals surface area contributed by atoms with Crippen LogP contribution < -0.4 is 5.32 Å². The number of alkyl carbamates (subject to hydrolysis) is 1. The standard InChI is InChI=1S/C32H32N2O6/c1-32(2,3)40-31(38)34-17-16-21-18-20(12-14-26(21)34)13-15-27(39-30(37)33-19-28(35)36)29-24-10-6-4-8-22(24)23-9-5-7-11-25(23)29/h4-12,14,16-18,27,29H,13,15,19H2,1-3H3,(H,33,37)(H,35,36). The van der Waals surface area contributed by atoms with E-state index in [9.17, 15) is 14.4 Å². The fraction of sp³-hybridized carbons (Fsp3) is 0.281. The van der Waals surface area contributed by atoms with Gasteiger partial charge in [0.05, 0.1) is 5.52 Å². The third kappa shape index (κ3) is 5.71. The predicted molar refractivity (Wildman–Crippen MR) is 152 cm³/mol. The molecule has 0 saturated heterocycles. The zero-order valence-corrected chi connectivity index (χ0v) is 22.7. The average Bonchev–Trinajstić information content (AvgIpc) is 3.48. The number of fused-ring (bicyclic) bond motifs is 4. The number of carbonyl (C=O) groups excluding carboxylic acids is 2. The molecule has 1 amide bonds.